The van der Waals surface area contributed by atoms with E-state index < -0.39 is 0 Å². The molecule has 0 saturated heterocycles. The third kappa shape index (κ3) is 4.27. The molecule has 1 aromatic carbocycles. The van der Waals surface area contributed by atoms with Gasteiger partial charge < -0.3 is 5.32 Å². The first kappa shape index (κ1) is 12.6. The van der Waals surface area contributed by atoms with Crippen LogP contribution in [0.15, 0.2) is 29.2 Å². The summed E-state index contributed by atoms with van der Waals surface area (Å²) >= 11 is 2.00. The lowest BCUT2D eigenvalue weighted by Crippen LogP contribution is -2.04. The highest BCUT2D eigenvalue weighted by atomic mass is 32.2. The molecule has 0 unspecified atom stereocenters. The summed E-state index contributed by atoms with van der Waals surface area (Å²) in [6, 6.07) is 8.88. The van der Waals surface area contributed by atoms with Gasteiger partial charge >= 0.3 is 0 Å². The summed E-state index contributed by atoms with van der Waals surface area (Å²) in [6.45, 7) is 5.48. The van der Waals surface area contributed by atoms with E-state index in [1.165, 1.54) is 23.3 Å². The van der Waals surface area contributed by atoms with Crippen LogP contribution < -0.4 is 5.32 Å². The normalized spacial score (nSPS) is 10.9. The molecule has 0 saturated carbocycles. The summed E-state index contributed by atoms with van der Waals surface area (Å²) in [6.07, 6.45) is 2.50. The van der Waals surface area contributed by atoms with Crippen LogP contribution in [0, 0.1) is 0 Å². The molecule has 0 fully saturated rings. The van der Waals surface area contributed by atoms with Crippen LogP contribution in [0.1, 0.15) is 32.3 Å². The Morgan fingerprint density at radius 3 is 2.20 bits per heavy atom. The van der Waals surface area contributed by atoms with Crippen molar-refractivity contribution in [1.82, 2.24) is 5.32 Å². The highest BCUT2D eigenvalue weighted by molar-refractivity contribution is 8.00. The lowest BCUT2D eigenvalue weighted by atomic mass is 10.2. The number of hydrogen-bond donors (Lipinski definition) is 1. The first-order valence-corrected chi connectivity index (χ1v) is 6.58. The number of thioether (sulfide) groups is 1. The highest BCUT2D eigenvalue weighted by Gasteiger charge is 2.04. The van der Waals surface area contributed by atoms with E-state index in [9.17, 15) is 0 Å². The van der Waals surface area contributed by atoms with Crippen molar-refractivity contribution in [1.29, 1.82) is 0 Å². The molecule has 0 aliphatic carbocycles. The molecule has 1 nitrogen and oxygen atoms in total. The van der Waals surface area contributed by atoms with Crippen LogP contribution in [-0.2, 0) is 6.54 Å². The maximum absolute atomic E-state index is 3.16. The predicted octanol–water partition coefficient (Wildman–Crippen LogP) is 3.69. The summed E-state index contributed by atoms with van der Waals surface area (Å²) in [5.74, 6) is 0. The van der Waals surface area contributed by atoms with E-state index in [1.807, 2.05) is 18.8 Å². The second-order valence-corrected chi connectivity index (χ2v) is 5.10. The Morgan fingerprint density at radius 1 is 1.13 bits per heavy atom. The molecule has 0 heterocycles. The van der Waals surface area contributed by atoms with Gasteiger partial charge in [-0.25, -0.2) is 0 Å². The molecule has 0 aliphatic rings. The minimum Gasteiger partial charge on any atom is -0.316 e. The van der Waals surface area contributed by atoms with Gasteiger partial charge in [-0.05, 0) is 37.6 Å². The molecule has 15 heavy (non-hydrogen) atoms. The van der Waals surface area contributed by atoms with Crippen molar-refractivity contribution in [3.63, 3.8) is 0 Å². The van der Waals surface area contributed by atoms with E-state index in [2.05, 4.69) is 43.4 Å². The zero-order chi connectivity index (χ0) is 11.1. The maximum Gasteiger partial charge on any atom is 0.0202 e. The molecule has 84 valence electrons. The number of benzene rings is 1. The first-order chi connectivity index (χ1) is 7.30. The van der Waals surface area contributed by atoms with Gasteiger partial charge in [0.1, 0.15) is 0 Å². The molecular weight excluding hydrogens is 202 g/mol. The Hall–Kier alpha value is -0.470. The molecule has 0 amide bonds. The van der Waals surface area contributed by atoms with Crippen molar-refractivity contribution in [2.45, 2.75) is 43.4 Å². The molecule has 1 aromatic rings. The van der Waals surface area contributed by atoms with Gasteiger partial charge in [0.15, 0.2) is 0 Å². The monoisotopic (exact) mass is 223 g/mol. The van der Waals surface area contributed by atoms with Crippen molar-refractivity contribution < 1.29 is 0 Å². The zero-order valence-corrected chi connectivity index (χ0v) is 10.7. The second kappa shape index (κ2) is 6.91. The Morgan fingerprint density at radius 2 is 1.73 bits per heavy atom. The smallest absolute Gasteiger partial charge is 0.0202 e. The van der Waals surface area contributed by atoms with E-state index in [-0.39, 0.29) is 0 Å². The maximum atomic E-state index is 3.16. The fraction of sp³-hybridized carbons (Fsp3) is 0.538. The van der Waals surface area contributed by atoms with Gasteiger partial charge in [-0.1, -0.05) is 26.0 Å². The lowest BCUT2D eigenvalue weighted by Gasteiger charge is -2.11. The molecule has 1 rings (SSSR count). The average molecular weight is 223 g/mol. The van der Waals surface area contributed by atoms with Crippen LogP contribution in [0.2, 0.25) is 0 Å². The summed E-state index contributed by atoms with van der Waals surface area (Å²) in [4.78, 5) is 1.39. The quantitative estimate of drug-likeness (QED) is 0.738. The van der Waals surface area contributed by atoms with Crippen molar-refractivity contribution in [2.24, 2.45) is 0 Å². The molecule has 0 radical (unpaired) electrons. The zero-order valence-electron chi connectivity index (χ0n) is 9.92. The van der Waals surface area contributed by atoms with Crippen LogP contribution in [0.3, 0.4) is 0 Å². The van der Waals surface area contributed by atoms with Gasteiger partial charge in [-0.15, -0.1) is 11.8 Å². The molecule has 0 aromatic heterocycles. The van der Waals surface area contributed by atoms with E-state index >= 15 is 0 Å². The minimum absolute atomic E-state index is 0.764. The van der Waals surface area contributed by atoms with Crippen LogP contribution >= 0.6 is 11.8 Å². The van der Waals surface area contributed by atoms with Crippen LogP contribution in [0.5, 0.6) is 0 Å². The van der Waals surface area contributed by atoms with Crippen LogP contribution in [0.4, 0.5) is 0 Å². The first-order valence-electron chi connectivity index (χ1n) is 5.70. The molecule has 2 heteroatoms. The van der Waals surface area contributed by atoms with Gasteiger partial charge in [0.05, 0.1) is 0 Å². The molecule has 0 spiro atoms. The lowest BCUT2D eigenvalue weighted by molar-refractivity contribution is 0.792. The third-order valence-electron chi connectivity index (χ3n) is 2.52. The Kier molecular flexibility index (Phi) is 5.81. The minimum atomic E-state index is 0.764. The van der Waals surface area contributed by atoms with E-state index in [4.69, 9.17) is 0 Å². The topological polar surface area (TPSA) is 12.0 Å². The van der Waals surface area contributed by atoms with Crippen molar-refractivity contribution in [2.75, 3.05) is 7.05 Å². The fourth-order valence-electron chi connectivity index (χ4n) is 1.54. The predicted molar refractivity (Wildman–Crippen MR) is 69.4 cm³/mol. The van der Waals surface area contributed by atoms with Gasteiger partial charge in [-0.3, -0.25) is 0 Å². The summed E-state index contributed by atoms with van der Waals surface area (Å²) < 4.78 is 0. The Bertz CT molecular complexity index is 264. The molecule has 0 atom stereocenters. The second-order valence-electron chi connectivity index (χ2n) is 3.73. The SMILES string of the molecule is CCC(CC)Sc1ccc(CNC)cc1. The largest absolute Gasteiger partial charge is 0.316 e. The molecule has 0 bridgehead atoms. The summed E-state index contributed by atoms with van der Waals surface area (Å²) in [5.41, 5.74) is 1.35. The standard InChI is InChI=1S/C13H21NS/c1-4-12(5-2)15-13-8-6-11(7-9-13)10-14-3/h6-9,12,14H,4-5,10H2,1-3H3. The van der Waals surface area contributed by atoms with E-state index in [0.717, 1.165) is 11.8 Å². The van der Waals surface area contributed by atoms with E-state index in [0.29, 0.717) is 0 Å². The van der Waals surface area contributed by atoms with E-state index in [1.54, 1.807) is 0 Å². The molecule has 0 aliphatic heterocycles. The highest BCUT2D eigenvalue weighted by Crippen LogP contribution is 2.27. The van der Waals surface area contributed by atoms with Crippen molar-refractivity contribution in [3.05, 3.63) is 29.8 Å². The summed E-state index contributed by atoms with van der Waals surface area (Å²) in [5, 5.41) is 3.92. The summed E-state index contributed by atoms with van der Waals surface area (Å²) in [7, 11) is 1.98. The van der Waals surface area contributed by atoms with Crippen LogP contribution in [0.25, 0.3) is 0 Å². The van der Waals surface area contributed by atoms with Crippen molar-refractivity contribution in [3.8, 4) is 0 Å². The Labute approximate surface area is 97.7 Å². The van der Waals surface area contributed by atoms with Crippen LogP contribution in [-0.4, -0.2) is 12.3 Å². The number of hydrogen-bond acceptors (Lipinski definition) is 2. The van der Waals surface area contributed by atoms with Gasteiger partial charge in [-0.2, -0.15) is 0 Å². The molecular formula is C13H21NS. The van der Waals surface area contributed by atoms with Gasteiger partial charge in [0.25, 0.3) is 0 Å². The Balaban J connectivity index is 2.55. The third-order valence-corrected chi connectivity index (χ3v) is 4.06. The fourth-order valence-corrected chi connectivity index (χ4v) is 2.55. The van der Waals surface area contributed by atoms with Gasteiger partial charge in [0.2, 0.25) is 0 Å². The average Bonchev–Trinajstić information content (AvgIpc) is 2.28. The number of nitrogens with one attached hydrogen (secondary N) is 1. The van der Waals surface area contributed by atoms with Gasteiger partial charge in [0, 0.05) is 16.7 Å². The molecule has 1 N–H and O–H groups in total. The van der Waals surface area contributed by atoms with Crippen molar-refractivity contribution >= 4 is 11.8 Å². The number of rotatable bonds is 6.